The quantitative estimate of drug-likeness (QED) is 0.0197. The van der Waals surface area contributed by atoms with Crippen molar-refractivity contribution in [2.75, 3.05) is 26.4 Å². The minimum Gasteiger partial charge on any atom is -0.462 e. The number of hydrogen-bond acceptors (Lipinski definition) is 10. The second-order valence-corrected chi connectivity index (χ2v) is 23.4. The van der Waals surface area contributed by atoms with Crippen molar-refractivity contribution < 1.29 is 52.2 Å². The van der Waals surface area contributed by atoms with Crippen LogP contribution in [0.25, 0.3) is 0 Å². The first-order valence-corrected chi connectivity index (χ1v) is 34.3. The van der Waals surface area contributed by atoms with E-state index in [1.54, 1.807) is 0 Å². The molecule has 0 saturated heterocycles. The number of aliphatic hydroxyl groups is 1. The molecule has 3 atom stereocenters. The average Bonchev–Trinajstić information content (AvgIpc) is 3.45. The molecule has 0 amide bonds. The van der Waals surface area contributed by atoms with E-state index in [2.05, 4.69) is 93.7 Å². The first kappa shape index (κ1) is 76.9. The highest BCUT2D eigenvalue weighted by molar-refractivity contribution is 7.47. The molecule has 0 aliphatic heterocycles. The molecule has 0 rings (SSSR count). The first-order valence-electron chi connectivity index (χ1n) is 32.8. The number of ether oxygens (including phenoxy) is 3. The van der Waals surface area contributed by atoms with Gasteiger partial charge in [-0.2, -0.15) is 0 Å². The Morgan fingerprint density at radius 1 is 0.362 bits per heavy atom. The summed E-state index contributed by atoms with van der Waals surface area (Å²) in [5.41, 5.74) is 0. The Hall–Kier alpha value is -3.08. The van der Waals surface area contributed by atoms with E-state index in [9.17, 15) is 28.9 Å². The van der Waals surface area contributed by atoms with Gasteiger partial charge >= 0.3 is 25.7 Å². The highest BCUT2D eigenvalue weighted by Gasteiger charge is 2.28. The molecule has 0 saturated carbocycles. The lowest BCUT2D eigenvalue weighted by molar-refractivity contribution is -0.161. The summed E-state index contributed by atoms with van der Waals surface area (Å²) in [7, 11) is -4.77. The molecule has 0 aromatic heterocycles. The summed E-state index contributed by atoms with van der Waals surface area (Å²) in [5, 5.41) is 9.85. The van der Waals surface area contributed by atoms with Crippen molar-refractivity contribution in [1.29, 1.82) is 0 Å². The molecule has 11 nitrogen and oxygen atoms in total. The van der Waals surface area contributed by atoms with E-state index in [0.717, 1.165) is 109 Å². The molecule has 0 aromatic carbocycles. The summed E-state index contributed by atoms with van der Waals surface area (Å²) < 4.78 is 39.7. The summed E-state index contributed by atoms with van der Waals surface area (Å²) >= 11 is 0. The topological polar surface area (TPSA) is 155 Å². The lowest BCUT2D eigenvalue weighted by atomic mass is 10.0. The van der Waals surface area contributed by atoms with Crippen LogP contribution < -0.4 is 0 Å². The summed E-state index contributed by atoms with van der Waals surface area (Å²) in [4.78, 5) is 48.8. The number of hydrogen-bond donors (Lipinski definition) is 2. The number of phosphoric acid groups is 1. The van der Waals surface area contributed by atoms with Crippen LogP contribution in [0.15, 0.2) is 72.9 Å². The molecule has 80 heavy (non-hydrogen) atoms. The minimum atomic E-state index is -4.77. The van der Waals surface area contributed by atoms with Crippen LogP contribution in [0.3, 0.4) is 0 Å². The fourth-order valence-electron chi connectivity index (χ4n) is 9.14. The van der Waals surface area contributed by atoms with E-state index in [1.165, 1.54) is 135 Å². The number of allylic oxidation sites excluding steroid dienone is 12. The SMILES string of the molecule is CC/C=C\C/C=C\C/C=C\C/C=C\C/C=C\CCCCCC(=O)OC(COC(=O)CCCCCCCCCCCCCCCCCCCCC)COP(=O)(O)OCC(CO)OC(=O)CCCCCCC/C=C\CCCCCCCC. The molecule has 0 aliphatic rings. The average molecular weight is 1150 g/mol. The third-order valence-corrected chi connectivity index (χ3v) is 15.1. The molecular weight excluding hydrogens is 1020 g/mol. The number of phosphoric ester groups is 1. The highest BCUT2D eigenvalue weighted by atomic mass is 31.2. The molecule has 0 aromatic rings. The van der Waals surface area contributed by atoms with Crippen LogP contribution in [-0.2, 0) is 42.2 Å². The molecule has 2 N–H and O–H groups in total. The van der Waals surface area contributed by atoms with Gasteiger partial charge in [-0.3, -0.25) is 23.4 Å². The van der Waals surface area contributed by atoms with Crippen molar-refractivity contribution in [2.24, 2.45) is 0 Å². The molecule has 0 aliphatic carbocycles. The van der Waals surface area contributed by atoms with Crippen LogP contribution in [0.1, 0.15) is 303 Å². The van der Waals surface area contributed by atoms with Crippen molar-refractivity contribution in [3.63, 3.8) is 0 Å². The van der Waals surface area contributed by atoms with E-state index in [4.69, 9.17) is 23.3 Å². The molecule has 0 radical (unpaired) electrons. The number of esters is 3. The van der Waals surface area contributed by atoms with Crippen LogP contribution >= 0.6 is 7.82 Å². The zero-order chi connectivity index (χ0) is 58.3. The number of carbonyl (C=O) groups excluding carboxylic acids is 3. The Morgan fingerprint density at radius 2 is 0.650 bits per heavy atom. The summed E-state index contributed by atoms with van der Waals surface area (Å²) in [6.45, 7) is 4.53. The summed E-state index contributed by atoms with van der Waals surface area (Å²) in [6.07, 6.45) is 71.4. The fourth-order valence-corrected chi connectivity index (χ4v) is 9.93. The molecule has 464 valence electrons. The molecule has 0 fully saturated rings. The Labute approximate surface area is 490 Å². The van der Waals surface area contributed by atoms with Gasteiger partial charge in [0, 0.05) is 19.3 Å². The zero-order valence-corrected chi connectivity index (χ0v) is 52.4. The van der Waals surface area contributed by atoms with E-state index < -0.39 is 57.8 Å². The predicted molar refractivity (Wildman–Crippen MR) is 335 cm³/mol. The van der Waals surface area contributed by atoms with E-state index in [0.29, 0.717) is 19.3 Å². The van der Waals surface area contributed by atoms with E-state index >= 15 is 0 Å². The normalized spacial score (nSPS) is 13.7. The maximum absolute atomic E-state index is 13.0. The van der Waals surface area contributed by atoms with Gasteiger partial charge in [0.25, 0.3) is 0 Å². The van der Waals surface area contributed by atoms with Crippen LogP contribution in [0, 0.1) is 0 Å². The van der Waals surface area contributed by atoms with Gasteiger partial charge in [0.1, 0.15) is 12.7 Å². The van der Waals surface area contributed by atoms with Crippen molar-refractivity contribution in [3.05, 3.63) is 72.9 Å². The smallest absolute Gasteiger partial charge is 0.462 e. The van der Waals surface area contributed by atoms with Crippen molar-refractivity contribution in [3.8, 4) is 0 Å². The fraction of sp³-hybridized carbons (Fsp3) is 0.779. The second kappa shape index (κ2) is 62.0. The lowest BCUT2D eigenvalue weighted by Gasteiger charge is -2.21. The monoisotopic (exact) mass is 1140 g/mol. The zero-order valence-electron chi connectivity index (χ0n) is 51.5. The Kier molecular flexibility index (Phi) is 59.6. The molecular formula is C68H121O11P. The lowest BCUT2D eigenvalue weighted by Crippen LogP contribution is -2.30. The first-order chi connectivity index (χ1) is 39.2. The number of unbranched alkanes of at least 4 members (excludes halogenated alkanes) is 32. The minimum absolute atomic E-state index is 0.128. The molecule has 12 heteroatoms. The molecule has 3 unspecified atom stereocenters. The predicted octanol–water partition coefficient (Wildman–Crippen LogP) is 20.0. The van der Waals surface area contributed by atoms with Crippen LogP contribution in [-0.4, -0.2) is 66.5 Å². The third-order valence-electron chi connectivity index (χ3n) is 14.1. The summed E-state index contributed by atoms with van der Waals surface area (Å²) in [6, 6.07) is 0. The van der Waals surface area contributed by atoms with Crippen molar-refractivity contribution >= 4 is 25.7 Å². The maximum Gasteiger partial charge on any atom is 0.472 e. The number of carbonyl (C=O) groups is 3. The van der Waals surface area contributed by atoms with Gasteiger partial charge in [0.15, 0.2) is 6.10 Å². The van der Waals surface area contributed by atoms with Gasteiger partial charge in [-0.25, -0.2) is 4.57 Å². The Balaban J connectivity index is 4.74. The highest BCUT2D eigenvalue weighted by Crippen LogP contribution is 2.43. The van der Waals surface area contributed by atoms with Crippen molar-refractivity contribution in [2.45, 2.75) is 315 Å². The maximum atomic E-state index is 13.0. The third kappa shape index (κ3) is 59.5. The van der Waals surface area contributed by atoms with Crippen LogP contribution in [0.4, 0.5) is 0 Å². The van der Waals surface area contributed by atoms with Gasteiger partial charge in [0.2, 0.25) is 0 Å². The molecule has 0 bridgehead atoms. The van der Waals surface area contributed by atoms with Gasteiger partial charge in [0.05, 0.1) is 19.8 Å². The van der Waals surface area contributed by atoms with E-state index in [-0.39, 0.29) is 25.9 Å². The van der Waals surface area contributed by atoms with Gasteiger partial charge in [-0.05, 0) is 89.9 Å². The standard InChI is InChI=1S/C68H121O11P/c1-4-7-10-13-16-19-22-25-28-30-32-34-37-39-42-45-48-51-54-57-66(70)75-61-65(79-68(72)59-56-53-50-47-44-41-38-35-33-31-29-26-23-20-17-14-11-8-5-2)63-77-80(73,74)76-62-64(60-69)78-67(71)58-55-52-49-46-43-40-36-27-24-21-18-15-12-9-6-3/h8,11,17,20,26-27,29,33,35-36,41,44,64-65,69H,4-7,9-10,12-16,18-19,21-25,28,30-32,34,37-40,42-43,45-63H2,1-3H3,(H,73,74)/b11-8-,20-17-,29-26-,35-33-,36-27-,44-41-. The number of aliphatic hydroxyl groups excluding tert-OH is 1. The summed E-state index contributed by atoms with van der Waals surface area (Å²) in [5.74, 6) is -1.50. The Morgan fingerprint density at radius 3 is 1.02 bits per heavy atom. The van der Waals surface area contributed by atoms with Crippen LogP contribution in [0.2, 0.25) is 0 Å². The Bertz CT molecular complexity index is 1620. The van der Waals surface area contributed by atoms with Crippen molar-refractivity contribution in [1.82, 2.24) is 0 Å². The number of rotatable bonds is 61. The van der Waals surface area contributed by atoms with E-state index in [1.807, 2.05) is 0 Å². The largest absolute Gasteiger partial charge is 0.472 e. The second-order valence-electron chi connectivity index (χ2n) is 21.9. The van der Waals surface area contributed by atoms with Gasteiger partial charge < -0.3 is 24.2 Å². The van der Waals surface area contributed by atoms with Gasteiger partial charge in [-0.1, -0.05) is 267 Å². The van der Waals surface area contributed by atoms with Gasteiger partial charge in [-0.15, -0.1) is 0 Å². The van der Waals surface area contributed by atoms with Crippen LogP contribution in [0.5, 0.6) is 0 Å². The molecule has 0 spiro atoms. The molecule has 0 heterocycles.